The summed E-state index contributed by atoms with van der Waals surface area (Å²) in [6, 6.07) is 5.08. The molecule has 20 heavy (non-hydrogen) atoms. The fraction of sp³-hybridized carbons (Fsp3) is 0.154. The molecule has 0 unspecified atom stereocenters. The maximum atomic E-state index is 13.6. The van der Waals surface area contributed by atoms with Gasteiger partial charge in [0.05, 0.1) is 24.9 Å². The molecule has 1 heterocycles. The van der Waals surface area contributed by atoms with Crippen LogP contribution in [0.1, 0.15) is 16.1 Å². The van der Waals surface area contributed by atoms with Gasteiger partial charge >= 0.3 is 5.97 Å². The van der Waals surface area contributed by atoms with E-state index in [2.05, 4.69) is 26.0 Å². The number of nitrogens with one attached hydrogen (secondary N) is 1. The molecule has 0 bridgehead atoms. The topological polar surface area (TPSA) is 51.5 Å². The summed E-state index contributed by atoms with van der Waals surface area (Å²) in [5, 5.41) is 2.73. The van der Waals surface area contributed by atoms with Gasteiger partial charge in [-0.25, -0.2) is 13.6 Å². The molecule has 0 saturated heterocycles. The van der Waals surface area contributed by atoms with Crippen LogP contribution >= 0.6 is 15.9 Å². The van der Waals surface area contributed by atoms with Gasteiger partial charge < -0.3 is 14.5 Å². The van der Waals surface area contributed by atoms with E-state index in [0.717, 1.165) is 13.2 Å². The van der Waals surface area contributed by atoms with Crippen molar-refractivity contribution < 1.29 is 22.7 Å². The third kappa shape index (κ3) is 3.16. The van der Waals surface area contributed by atoms with Crippen molar-refractivity contribution in [3.05, 3.63) is 51.9 Å². The molecule has 0 fully saturated rings. The van der Waals surface area contributed by atoms with Crippen LogP contribution in [0.15, 0.2) is 33.4 Å². The first-order valence-corrected chi connectivity index (χ1v) is 6.36. The van der Waals surface area contributed by atoms with Gasteiger partial charge in [0, 0.05) is 6.07 Å². The number of carbonyl (C=O) groups is 1. The zero-order valence-electron chi connectivity index (χ0n) is 10.4. The summed E-state index contributed by atoms with van der Waals surface area (Å²) in [4.78, 5) is 11.3. The standard InChI is InChI=1S/C13H10BrF2NO3/c1-19-13(18)8-4-11(10(16)5-9(8)15)17-6-7-2-3-12(14)20-7/h2-5,17H,6H2,1H3. The van der Waals surface area contributed by atoms with Gasteiger partial charge in [-0.15, -0.1) is 0 Å². The second-order valence-electron chi connectivity index (χ2n) is 3.86. The Balaban J connectivity index is 2.20. The Hall–Kier alpha value is -1.89. The first-order valence-electron chi connectivity index (χ1n) is 5.56. The van der Waals surface area contributed by atoms with E-state index in [9.17, 15) is 13.6 Å². The molecule has 0 spiro atoms. The van der Waals surface area contributed by atoms with Gasteiger partial charge in [-0.2, -0.15) is 0 Å². The smallest absolute Gasteiger partial charge is 0.340 e. The van der Waals surface area contributed by atoms with Crippen LogP contribution in [-0.2, 0) is 11.3 Å². The van der Waals surface area contributed by atoms with Crippen molar-refractivity contribution in [1.29, 1.82) is 0 Å². The third-order valence-electron chi connectivity index (χ3n) is 2.54. The molecule has 0 amide bonds. The molecule has 1 aromatic heterocycles. The summed E-state index contributed by atoms with van der Waals surface area (Å²) >= 11 is 3.14. The van der Waals surface area contributed by atoms with E-state index in [0.29, 0.717) is 16.5 Å². The maximum absolute atomic E-state index is 13.6. The van der Waals surface area contributed by atoms with E-state index in [-0.39, 0.29) is 17.8 Å². The number of rotatable bonds is 4. The molecular formula is C13H10BrF2NO3. The lowest BCUT2D eigenvalue weighted by Gasteiger charge is -2.08. The number of carbonyl (C=O) groups excluding carboxylic acids is 1. The van der Waals surface area contributed by atoms with E-state index in [1.165, 1.54) is 0 Å². The Kier molecular flexibility index (Phi) is 4.39. The second-order valence-corrected chi connectivity index (χ2v) is 4.64. The fourth-order valence-electron chi connectivity index (χ4n) is 1.58. The molecule has 0 atom stereocenters. The molecule has 4 nitrogen and oxygen atoms in total. The minimum atomic E-state index is -0.972. The van der Waals surface area contributed by atoms with Gasteiger partial charge in [0.25, 0.3) is 0 Å². The van der Waals surface area contributed by atoms with Crippen molar-refractivity contribution in [3.8, 4) is 0 Å². The predicted molar refractivity (Wildman–Crippen MR) is 71.4 cm³/mol. The van der Waals surface area contributed by atoms with Crippen LogP contribution in [0.25, 0.3) is 0 Å². The third-order valence-corrected chi connectivity index (χ3v) is 2.97. The Morgan fingerprint density at radius 3 is 2.70 bits per heavy atom. The SMILES string of the molecule is COC(=O)c1cc(NCc2ccc(Br)o2)c(F)cc1F. The summed E-state index contributed by atoms with van der Waals surface area (Å²) in [5.41, 5.74) is -0.351. The average molecular weight is 346 g/mol. The van der Waals surface area contributed by atoms with Crippen LogP contribution in [-0.4, -0.2) is 13.1 Å². The minimum Gasteiger partial charge on any atom is -0.465 e. The van der Waals surface area contributed by atoms with Crippen molar-refractivity contribution in [3.63, 3.8) is 0 Å². The van der Waals surface area contributed by atoms with E-state index >= 15 is 0 Å². The largest absolute Gasteiger partial charge is 0.465 e. The number of anilines is 1. The van der Waals surface area contributed by atoms with Crippen LogP contribution in [0.2, 0.25) is 0 Å². The van der Waals surface area contributed by atoms with Crippen LogP contribution in [0, 0.1) is 11.6 Å². The number of esters is 1. The quantitative estimate of drug-likeness (QED) is 0.858. The first-order chi connectivity index (χ1) is 9.51. The van der Waals surface area contributed by atoms with Crippen LogP contribution in [0.3, 0.4) is 0 Å². The lowest BCUT2D eigenvalue weighted by molar-refractivity contribution is 0.0595. The predicted octanol–water partition coefficient (Wildman–Crippen LogP) is 3.72. The van der Waals surface area contributed by atoms with Gasteiger partial charge in [0.15, 0.2) is 4.67 Å². The molecule has 1 aromatic carbocycles. The molecule has 2 aromatic rings. The van der Waals surface area contributed by atoms with Gasteiger partial charge in [-0.05, 0) is 34.1 Å². The lowest BCUT2D eigenvalue weighted by Crippen LogP contribution is -2.08. The number of hydrogen-bond donors (Lipinski definition) is 1. The molecule has 0 aliphatic heterocycles. The normalized spacial score (nSPS) is 10.4. The summed E-state index contributed by atoms with van der Waals surface area (Å²) in [5.74, 6) is -2.09. The molecule has 1 N–H and O–H groups in total. The van der Waals surface area contributed by atoms with Gasteiger partial charge in [-0.1, -0.05) is 0 Å². The van der Waals surface area contributed by atoms with Crippen molar-refractivity contribution in [2.45, 2.75) is 6.54 Å². The van der Waals surface area contributed by atoms with Crippen LogP contribution in [0.4, 0.5) is 14.5 Å². The van der Waals surface area contributed by atoms with Crippen molar-refractivity contribution in [1.82, 2.24) is 0 Å². The van der Waals surface area contributed by atoms with Crippen LogP contribution in [0.5, 0.6) is 0 Å². The van der Waals surface area contributed by atoms with E-state index in [4.69, 9.17) is 4.42 Å². The first kappa shape index (κ1) is 14.5. The highest BCUT2D eigenvalue weighted by Crippen LogP contribution is 2.22. The Bertz CT molecular complexity index is 643. The fourth-order valence-corrected chi connectivity index (χ4v) is 1.92. The highest BCUT2D eigenvalue weighted by Gasteiger charge is 2.16. The number of halogens is 3. The van der Waals surface area contributed by atoms with E-state index in [1.54, 1.807) is 12.1 Å². The monoisotopic (exact) mass is 345 g/mol. The van der Waals surface area contributed by atoms with E-state index in [1.807, 2.05) is 0 Å². The number of methoxy groups -OCH3 is 1. The zero-order chi connectivity index (χ0) is 14.7. The van der Waals surface area contributed by atoms with Gasteiger partial charge in [0.1, 0.15) is 17.4 Å². The zero-order valence-corrected chi connectivity index (χ0v) is 12.0. The molecule has 0 aliphatic carbocycles. The Morgan fingerprint density at radius 1 is 1.35 bits per heavy atom. The summed E-state index contributed by atoms with van der Waals surface area (Å²) in [6.07, 6.45) is 0. The van der Waals surface area contributed by atoms with Crippen molar-refractivity contribution in [2.75, 3.05) is 12.4 Å². The molecule has 0 radical (unpaired) electrons. The highest BCUT2D eigenvalue weighted by molar-refractivity contribution is 9.10. The Morgan fingerprint density at radius 2 is 2.10 bits per heavy atom. The molecule has 0 aliphatic rings. The summed E-state index contributed by atoms with van der Waals surface area (Å²) < 4.78 is 37.3. The number of hydrogen-bond acceptors (Lipinski definition) is 4. The molecule has 2 rings (SSSR count). The molecule has 7 heteroatoms. The Labute approximate surface area is 121 Å². The lowest BCUT2D eigenvalue weighted by atomic mass is 10.1. The maximum Gasteiger partial charge on any atom is 0.340 e. The van der Waals surface area contributed by atoms with Crippen molar-refractivity contribution >= 4 is 27.6 Å². The number of benzene rings is 1. The summed E-state index contributed by atoms with van der Waals surface area (Å²) in [7, 11) is 1.12. The van der Waals surface area contributed by atoms with Gasteiger partial charge in [0.2, 0.25) is 0 Å². The molecule has 106 valence electrons. The molecular weight excluding hydrogens is 336 g/mol. The summed E-state index contributed by atoms with van der Waals surface area (Å²) in [6.45, 7) is 0.189. The van der Waals surface area contributed by atoms with Crippen molar-refractivity contribution in [2.24, 2.45) is 0 Å². The van der Waals surface area contributed by atoms with E-state index < -0.39 is 17.6 Å². The van der Waals surface area contributed by atoms with Crippen LogP contribution < -0.4 is 5.32 Å². The molecule has 0 saturated carbocycles. The minimum absolute atomic E-state index is 0.0145. The number of furan rings is 1. The highest BCUT2D eigenvalue weighted by atomic mass is 79.9. The average Bonchev–Trinajstić information content (AvgIpc) is 2.83. The number of ether oxygens (including phenoxy) is 1. The second kappa shape index (κ2) is 6.04. The van der Waals surface area contributed by atoms with Gasteiger partial charge in [-0.3, -0.25) is 0 Å².